The minimum absolute atomic E-state index is 0.214. The molecule has 1 N–H and O–H groups in total. The number of amides is 1. The van der Waals surface area contributed by atoms with E-state index < -0.39 is 17.5 Å². The molecule has 13 heavy (non-hydrogen) atoms. The molecule has 4 nitrogen and oxygen atoms in total. The average Bonchev–Trinajstić information content (AvgIpc) is 2.30. The Morgan fingerprint density at radius 1 is 1.54 bits per heavy atom. The Balaban J connectivity index is 2.53. The van der Waals surface area contributed by atoms with Crippen molar-refractivity contribution in [2.45, 2.75) is 32.8 Å². The van der Waals surface area contributed by atoms with E-state index >= 15 is 0 Å². The third-order valence-corrected chi connectivity index (χ3v) is 1.74. The molecule has 0 aromatic heterocycles. The van der Waals surface area contributed by atoms with Gasteiger partial charge < -0.3 is 10.1 Å². The van der Waals surface area contributed by atoms with Gasteiger partial charge in [0.15, 0.2) is 0 Å². The van der Waals surface area contributed by atoms with Crippen molar-refractivity contribution in [1.29, 1.82) is 0 Å². The Morgan fingerprint density at radius 2 is 2.15 bits per heavy atom. The Kier molecular flexibility index (Phi) is 2.59. The molecule has 0 radical (unpaired) electrons. The Hall–Kier alpha value is -1.06. The lowest BCUT2D eigenvalue weighted by molar-refractivity contribution is -0.161. The zero-order valence-electron chi connectivity index (χ0n) is 8.22. The van der Waals surface area contributed by atoms with Crippen molar-refractivity contribution >= 4 is 11.9 Å². The molecule has 0 spiro atoms. The van der Waals surface area contributed by atoms with Gasteiger partial charge in [-0.3, -0.25) is 9.59 Å². The Morgan fingerprint density at radius 3 is 2.54 bits per heavy atom. The van der Waals surface area contributed by atoms with Gasteiger partial charge in [0.05, 0.1) is 0 Å². The highest BCUT2D eigenvalue weighted by Gasteiger charge is 2.34. The first-order valence-corrected chi connectivity index (χ1v) is 4.41. The summed E-state index contributed by atoms with van der Waals surface area (Å²) in [6, 6.07) is 0. The second-order valence-electron chi connectivity index (χ2n) is 4.17. The van der Waals surface area contributed by atoms with Crippen LogP contribution in [0.1, 0.15) is 27.2 Å². The smallest absolute Gasteiger partial charge is 0.319 e. The van der Waals surface area contributed by atoms with Crippen LogP contribution in [0.3, 0.4) is 0 Å². The molecule has 0 bridgehead atoms. The topological polar surface area (TPSA) is 55.4 Å². The fourth-order valence-corrected chi connectivity index (χ4v) is 1.19. The van der Waals surface area contributed by atoms with Crippen molar-refractivity contribution in [3.05, 3.63) is 0 Å². The van der Waals surface area contributed by atoms with Crippen LogP contribution in [-0.4, -0.2) is 24.0 Å². The molecule has 1 atom stereocenters. The molecule has 1 unspecified atom stereocenters. The lowest BCUT2D eigenvalue weighted by atomic mass is 10.1. The van der Waals surface area contributed by atoms with Crippen LogP contribution >= 0.6 is 0 Å². The highest BCUT2D eigenvalue weighted by molar-refractivity contribution is 5.99. The summed E-state index contributed by atoms with van der Waals surface area (Å²) in [5.74, 6) is -1.23. The molecular weight excluding hydrogens is 170 g/mol. The van der Waals surface area contributed by atoms with Gasteiger partial charge in [-0.1, -0.05) is 0 Å². The average molecular weight is 185 g/mol. The monoisotopic (exact) mass is 185 g/mol. The van der Waals surface area contributed by atoms with Crippen LogP contribution in [0.25, 0.3) is 0 Å². The second kappa shape index (κ2) is 3.36. The molecule has 0 saturated carbocycles. The maximum absolute atomic E-state index is 11.4. The van der Waals surface area contributed by atoms with Gasteiger partial charge in [0.1, 0.15) is 11.5 Å². The van der Waals surface area contributed by atoms with Crippen LogP contribution in [0.4, 0.5) is 0 Å². The maximum atomic E-state index is 11.4. The summed E-state index contributed by atoms with van der Waals surface area (Å²) in [6.07, 6.45) is 0.549. The summed E-state index contributed by atoms with van der Waals surface area (Å²) in [7, 11) is 0. The van der Waals surface area contributed by atoms with Crippen LogP contribution in [0.5, 0.6) is 0 Å². The number of rotatable bonds is 1. The van der Waals surface area contributed by atoms with Crippen LogP contribution in [-0.2, 0) is 14.3 Å². The van der Waals surface area contributed by atoms with Crippen molar-refractivity contribution in [3.8, 4) is 0 Å². The molecule has 1 rings (SSSR count). The summed E-state index contributed by atoms with van der Waals surface area (Å²) in [4.78, 5) is 22.5. The Bertz CT molecular complexity index is 230. The van der Waals surface area contributed by atoms with E-state index in [0.717, 1.165) is 0 Å². The van der Waals surface area contributed by atoms with Gasteiger partial charge in [-0.15, -0.1) is 0 Å². The molecule has 1 fully saturated rings. The number of hydrogen-bond donors (Lipinski definition) is 1. The number of hydrogen-bond acceptors (Lipinski definition) is 3. The highest BCUT2D eigenvalue weighted by Crippen LogP contribution is 2.16. The first-order valence-electron chi connectivity index (χ1n) is 4.41. The quantitative estimate of drug-likeness (QED) is 0.477. The number of carbonyl (C=O) groups is 2. The van der Waals surface area contributed by atoms with Crippen molar-refractivity contribution in [2.24, 2.45) is 5.92 Å². The Labute approximate surface area is 77.6 Å². The van der Waals surface area contributed by atoms with Gasteiger partial charge in [0.25, 0.3) is 0 Å². The van der Waals surface area contributed by atoms with Gasteiger partial charge in [-0.2, -0.15) is 0 Å². The molecule has 74 valence electrons. The molecule has 0 aromatic rings. The summed E-state index contributed by atoms with van der Waals surface area (Å²) >= 11 is 0. The van der Waals surface area contributed by atoms with E-state index in [4.69, 9.17) is 4.74 Å². The number of nitrogens with one attached hydrogen (secondary N) is 1. The van der Waals surface area contributed by atoms with Gasteiger partial charge in [-0.25, -0.2) is 0 Å². The fraction of sp³-hybridized carbons (Fsp3) is 0.778. The van der Waals surface area contributed by atoms with E-state index in [2.05, 4.69) is 5.32 Å². The molecule has 0 aromatic carbocycles. The van der Waals surface area contributed by atoms with Crippen molar-refractivity contribution < 1.29 is 14.3 Å². The minimum atomic E-state index is -0.598. The lowest BCUT2D eigenvalue weighted by Gasteiger charge is -2.20. The fourth-order valence-electron chi connectivity index (χ4n) is 1.19. The first kappa shape index (κ1) is 10.0. The molecule has 4 heteroatoms. The van der Waals surface area contributed by atoms with E-state index in [0.29, 0.717) is 13.0 Å². The molecule has 1 aliphatic rings. The second-order valence-corrected chi connectivity index (χ2v) is 4.17. The van der Waals surface area contributed by atoms with E-state index in [1.165, 1.54) is 0 Å². The van der Waals surface area contributed by atoms with E-state index in [-0.39, 0.29) is 5.91 Å². The minimum Gasteiger partial charge on any atom is -0.459 e. The number of esters is 1. The number of ether oxygens (including phenoxy) is 1. The zero-order chi connectivity index (χ0) is 10.1. The number of carbonyl (C=O) groups excluding carboxylic acids is 2. The van der Waals surface area contributed by atoms with Gasteiger partial charge >= 0.3 is 5.97 Å². The lowest BCUT2D eigenvalue weighted by Crippen LogP contribution is -2.32. The summed E-state index contributed by atoms with van der Waals surface area (Å²) in [5, 5.41) is 2.60. The predicted octanol–water partition coefficient (Wildman–Crippen LogP) is 0.464. The third-order valence-electron chi connectivity index (χ3n) is 1.74. The van der Waals surface area contributed by atoms with Crippen LogP contribution < -0.4 is 5.32 Å². The molecule has 1 amide bonds. The predicted molar refractivity (Wildman–Crippen MR) is 47.0 cm³/mol. The van der Waals surface area contributed by atoms with Gasteiger partial charge in [0, 0.05) is 6.54 Å². The van der Waals surface area contributed by atoms with Crippen LogP contribution in [0.2, 0.25) is 0 Å². The molecule has 1 heterocycles. The van der Waals surface area contributed by atoms with Crippen LogP contribution in [0.15, 0.2) is 0 Å². The van der Waals surface area contributed by atoms with Crippen LogP contribution in [0, 0.1) is 5.92 Å². The van der Waals surface area contributed by atoms with E-state index in [1.54, 1.807) is 20.8 Å². The molecular formula is C9H15NO3. The first-order chi connectivity index (χ1) is 5.90. The van der Waals surface area contributed by atoms with Crippen molar-refractivity contribution in [3.63, 3.8) is 0 Å². The SMILES string of the molecule is CC(C)(C)OC(=O)C1CCNC1=O. The zero-order valence-corrected chi connectivity index (χ0v) is 8.22. The van der Waals surface area contributed by atoms with Crippen molar-refractivity contribution in [2.75, 3.05) is 6.54 Å². The summed E-state index contributed by atoms with van der Waals surface area (Å²) in [6.45, 7) is 5.94. The standard InChI is InChI=1S/C9H15NO3/c1-9(2,3)13-8(12)6-4-5-10-7(6)11/h6H,4-5H2,1-3H3,(H,10,11). The van der Waals surface area contributed by atoms with E-state index in [9.17, 15) is 9.59 Å². The summed E-state index contributed by atoms with van der Waals surface area (Å²) < 4.78 is 5.09. The molecule has 1 saturated heterocycles. The molecule has 0 aliphatic carbocycles. The largest absolute Gasteiger partial charge is 0.459 e. The van der Waals surface area contributed by atoms with E-state index in [1.807, 2.05) is 0 Å². The van der Waals surface area contributed by atoms with Gasteiger partial charge in [-0.05, 0) is 27.2 Å². The van der Waals surface area contributed by atoms with Gasteiger partial charge in [0.2, 0.25) is 5.91 Å². The molecule has 1 aliphatic heterocycles. The highest BCUT2D eigenvalue weighted by atomic mass is 16.6. The third kappa shape index (κ3) is 2.72. The van der Waals surface area contributed by atoms with Crippen molar-refractivity contribution in [1.82, 2.24) is 5.32 Å². The maximum Gasteiger partial charge on any atom is 0.319 e. The normalized spacial score (nSPS) is 22.7. The summed E-state index contributed by atoms with van der Waals surface area (Å²) in [5.41, 5.74) is -0.514.